The maximum Gasteiger partial charge on any atom is 0.235 e. The standard InChI is InChI=1S/C18H18N2O3S3/c21-17(13-26(22,23)12-14-4-2-1-3-5-14)20-16(18-19-7-9-25-18)10-15-6-8-24-11-15/h1-9,11,16H,10,12-13H2,(H,20,21)/t16-/m0/s1. The first-order valence-corrected chi connectivity index (χ1v) is 11.6. The molecule has 1 amide bonds. The van der Waals surface area contributed by atoms with Gasteiger partial charge in [0.15, 0.2) is 9.84 Å². The van der Waals surface area contributed by atoms with Crippen LogP contribution >= 0.6 is 22.7 Å². The third kappa shape index (κ3) is 5.48. The van der Waals surface area contributed by atoms with E-state index in [1.165, 1.54) is 11.3 Å². The number of benzene rings is 1. The lowest BCUT2D eigenvalue weighted by atomic mass is 10.1. The summed E-state index contributed by atoms with van der Waals surface area (Å²) in [6.45, 7) is 0. The van der Waals surface area contributed by atoms with Crippen molar-refractivity contribution in [3.8, 4) is 0 Å². The molecule has 0 spiro atoms. The highest BCUT2D eigenvalue weighted by molar-refractivity contribution is 7.91. The van der Waals surface area contributed by atoms with E-state index in [1.54, 1.807) is 41.8 Å². The van der Waals surface area contributed by atoms with E-state index in [9.17, 15) is 13.2 Å². The first-order chi connectivity index (χ1) is 12.5. The number of nitrogens with one attached hydrogen (secondary N) is 1. The number of rotatable bonds is 8. The summed E-state index contributed by atoms with van der Waals surface area (Å²) in [4.78, 5) is 16.6. The van der Waals surface area contributed by atoms with Crippen LogP contribution in [-0.2, 0) is 26.8 Å². The molecule has 136 valence electrons. The van der Waals surface area contributed by atoms with Crippen molar-refractivity contribution in [2.45, 2.75) is 18.2 Å². The Morgan fingerprint density at radius 3 is 2.58 bits per heavy atom. The van der Waals surface area contributed by atoms with Crippen LogP contribution in [0.3, 0.4) is 0 Å². The number of sulfone groups is 1. The van der Waals surface area contributed by atoms with Crippen LogP contribution in [0, 0.1) is 0 Å². The van der Waals surface area contributed by atoms with Gasteiger partial charge in [0.25, 0.3) is 0 Å². The fourth-order valence-electron chi connectivity index (χ4n) is 2.57. The molecular weight excluding hydrogens is 388 g/mol. The lowest BCUT2D eigenvalue weighted by Gasteiger charge is -2.16. The number of amides is 1. The topological polar surface area (TPSA) is 76.1 Å². The van der Waals surface area contributed by atoms with E-state index in [0.717, 1.165) is 10.6 Å². The smallest absolute Gasteiger partial charge is 0.235 e. The summed E-state index contributed by atoms with van der Waals surface area (Å²) in [6, 6.07) is 10.5. The van der Waals surface area contributed by atoms with Crippen molar-refractivity contribution in [2.24, 2.45) is 0 Å². The van der Waals surface area contributed by atoms with Gasteiger partial charge >= 0.3 is 0 Å². The van der Waals surface area contributed by atoms with E-state index in [1.807, 2.05) is 28.3 Å². The second-order valence-electron chi connectivity index (χ2n) is 5.84. The molecule has 8 heteroatoms. The van der Waals surface area contributed by atoms with Crippen LogP contribution in [0.25, 0.3) is 0 Å². The average molecular weight is 407 g/mol. The Morgan fingerprint density at radius 1 is 1.12 bits per heavy atom. The minimum atomic E-state index is -3.54. The molecule has 26 heavy (non-hydrogen) atoms. The molecule has 1 atom stereocenters. The van der Waals surface area contributed by atoms with Gasteiger partial charge in [-0.15, -0.1) is 11.3 Å². The van der Waals surface area contributed by atoms with Crippen LogP contribution in [0.2, 0.25) is 0 Å². The number of carbonyl (C=O) groups is 1. The molecule has 0 fully saturated rings. The number of hydrogen-bond donors (Lipinski definition) is 1. The number of thiazole rings is 1. The molecule has 0 aliphatic rings. The van der Waals surface area contributed by atoms with Gasteiger partial charge in [0.1, 0.15) is 10.8 Å². The molecule has 0 saturated carbocycles. The fraction of sp³-hybridized carbons (Fsp3) is 0.222. The zero-order chi connectivity index (χ0) is 18.4. The monoisotopic (exact) mass is 406 g/mol. The van der Waals surface area contributed by atoms with Crippen LogP contribution in [0.4, 0.5) is 0 Å². The van der Waals surface area contributed by atoms with E-state index < -0.39 is 21.5 Å². The van der Waals surface area contributed by atoms with Gasteiger partial charge in [-0.3, -0.25) is 4.79 Å². The lowest BCUT2D eigenvalue weighted by molar-refractivity contribution is -0.119. The molecule has 0 bridgehead atoms. The van der Waals surface area contributed by atoms with Crippen LogP contribution in [0.1, 0.15) is 22.2 Å². The molecule has 3 aromatic rings. The van der Waals surface area contributed by atoms with E-state index in [4.69, 9.17) is 0 Å². The van der Waals surface area contributed by atoms with Gasteiger partial charge in [0.05, 0.1) is 11.8 Å². The maximum atomic E-state index is 12.4. The predicted octanol–water partition coefficient (Wildman–Crippen LogP) is 3.22. The molecule has 0 unspecified atom stereocenters. The molecule has 2 aromatic heterocycles. The minimum absolute atomic E-state index is 0.145. The summed E-state index contributed by atoms with van der Waals surface area (Å²) in [5.41, 5.74) is 1.76. The van der Waals surface area contributed by atoms with Crippen molar-refractivity contribution in [3.05, 3.63) is 74.9 Å². The Kier molecular flexibility index (Phi) is 6.18. The quantitative estimate of drug-likeness (QED) is 0.623. The number of aromatic nitrogens is 1. The largest absolute Gasteiger partial charge is 0.346 e. The van der Waals surface area contributed by atoms with Gasteiger partial charge in [0.2, 0.25) is 5.91 Å². The van der Waals surface area contributed by atoms with E-state index in [2.05, 4.69) is 10.3 Å². The third-order valence-corrected chi connectivity index (χ3v) is 6.78. The van der Waals surface area contributed by atoms with Crippen molar-refractivity contribution in [1.29, 1.82) is 0 Å². The molecule has 2 heterocycles. The van der Waals surface area contributed by atoms with Crippen LogP contribution < -0.4 is 5.32 Å². The third-order valence-electron chi connectivity index (χ3n) is 3.69. The number of carbonyl (C=O) groups excluding carboxylic acids is 1. The van der Waals surface area contributed by atoms with Gasteiger partial charge in [-0.05, 0) is 28.0 Å². The SMILES string of the molecule is O=C(CS(=O)(=O)Cc1ccccc1)N[C@@H](Cc1ccsc1)c1nccs1. The molecule has 0 saturated heterocycles. The second kappa shape index (κ2) is 8.57. The minimum Gasteiger partial charge on any atom is -0.346 e. The Balaban J connectivity index is 1.65. The van der Waals surface area contributed by atoms with E-state index >= 15 is 0 Å². The highest BCUT2D eigenvalue weighted by Crippen LogP contribution is 2.22. The van der Waals surface area contributed by atoms with Crippen LogP contribution in [-0.4, -0.2) is 25.1 Å². The Labute approximate surface area is 160 Å². The van der Waals surface area contributed by atoms with Crippen molar-refractivity contribution in [2.75, 3.05) is 5.75 Å². The van der Waals surface area contributed by atoms with Gasteiger partial charge < -0.3 is 5.32 Å². The summed E-state index contributed by atoms with van der Waals surface area (Å²) >= 11 is 3.03. The zero-order valence-corrected chi connectivity index (χ0v) is 16.3. The predicted molar refractivity (Wildman–Crippen MR) is 105 cm³/mol. The molecular formula is C18H18N2O3S3. The summed E-state index contributed by atoms with van der Waals surface area (Å²) in [5.74, 6) is -1.18. The first-order valence-electron chi connectivity index (χ1n) is 7.96. The van der Waals surface area contributed by atoms with Crippen molar-refractivity contribution < 1.29 is 13.2 Å². The van der Waals surface area contributed by atoms with Crippen molar-refractivity contribution in [1.82, 2.24) is 10.3 Å². The zero-order valence-electron chi connectivity index (χ0n) is 13.9. The molecule has 3 rings (SSSR count). The summed E-state index contributed by atoms with van der Waals surface area (Å²) in [5, 5.41) is 9.43. The maximum absolute atomic E-state index is 12.4. The van der Waals surface area contributed by atoms with Crippen molar-refractivity contribution in [3.63, 3.8) is 0 Å². The van der Waals surface area contributed by atoms with Crippen LogP contribution in [0.15, 0.2) is 58.7 Å². The summed E-state index contributed by atoms with van der Waals surface area (Å²) in [7, 11) is -3.54. The average Bonchev–Trinajstić information content (AvgIpc) is 3.28. The molecule has 0 radical (unpaired) electrons. The van der Waals surface area contributed by atoms with Gasteiger partial charge in [-0.1, -0.05) is 30.3 Å². The Bertz CT molecular complexity index is 921. The highest BCUT2D eigenvalue weighted by Gasteiger charge is 2.22. The number of hydrogen-bond acceptors (Lipinski definition) is 6. The molecule has 1 N–H and O–H groups in total. The van der Waals surface area contributed by atoms with Crippen LogP contribution in [0.5, 0.6) is 0 Å². The van der Waals surface area contributed by atoms with E-state index in [0.29, 0.717) is 12.0 Å². The Hall–Kier alpha value is -2.03. The van der Waals surface area contributed by atoms with Gasteiger partial charge in [-0.2, -0.15) is 11.3 Å². The van der Waals surface area contributed by atoms with Gasteiger partial charge in [0, 0.05) is 18.0 Å². The molecule has 1 aromatic carbocycles. The second-order valence-corrected chi connectivity index (χ2v) is 9.61. The van der Waals surface area contributed by atoms with Crippen molar-refractivity contribution >= 4 is 38.4 Å². The number of nitrogens with zero attached hydrogens (tertiary/aromatic N) is 1. The number of thiophene rings is 1. The molecule has 0 aliphatic heterocycles. The van der Waals surface area contributed by atoms with E-state index in [-0.39, 0.29) is 11.8 Å². The molecule has 0 aliphatic carbocycles. The summed E-state index contributed by atoms with van der Waals surface area (Å²) < 4.78 is 24.6. The molecule has 5 nitrogen and oxygen atoms in total. The van der Waals surface area contributed by atoms with Gasteiger partial charge in [-0.25, -0.2) is 13.4 Å². The first kappa shape index (κ1) is 18.8. The summed E-state index contributed by atoms with van der Waals surface area (Å²) in [6.07, 6.45) is 2.26. The lowest BCUT2D eigenvalue weighted by Crippen LogP contribution is -2.34. The normalized spacial score (nSPS) is 12.6. The fourth-order valence-corrected chi connectivity index (χ4v) is 5.22. The Morgan fingerprint density at radius 2 is 1.92 bits per heavy atom. The highest BCUT2D eigenvalue weighted by atomic mass is 32.2.